The van der Waals surface area contributed by atoms with Crippen LogP contribution in [0.25, 0.3) is 0 Å². The Kier molecular flexibility index (Phi) is 5.29. The zero-order valence-corrected chi connectivity index (χ0v) is 9.93. The van der Waals surface area contributed by atoms with E-state index < -0.39 is 0 Å². The van der Waals surface area contributed by atoms with Crippen LogP contribution < -0.4 is 10.6 Å². The molecule has 3 nitrogen and oxygen atoms in total. The second-order valence-electron chi connectivity index (χ2n) is 3.89. The highest BCUT2D eigenvalue weighted by molar-refractivity contribution is 5.85. The average molecular weight is 241 g/mol. The molecule has 0 spiro atoms. The zero-order valence-electron chi connectivity index (χ0n) is 9.11. The van der Waals surface area contributed by atoms with Crippen molar-refractivity contribution < 1.29 is 4.79 Å². The lowest BCUT2D eigenvalue weighted by Gasteiger charge is -2.09. The molecule has 0 saturated carbocycles. The second-order valence-corrected chi connectivity index (χ2v) is 3.89. The van der Waals surface area contributed by atoms with Crippen molar-refractivity contribution in [3.05, 3.63) is 35.9 Å². The van der Waals surface area contributed by atoms with Crippen LogP contribution in [0.1, 0.15) is 12.0 Å². The van der Waals surface area contributed by atoms with Crippen molar-refractivity contribution in [1.82, 2.24) is 10.6 Å². The summed E-state index contributed by atoms with van der Waals surface area (Å²) in [5.74, 6) is 0.331. The molecule has 1 aromatic carbocycles. The molecule has 1 saturated heterocycles. The van der Waals surface area contributed by atoms with Crippen molar-refractivity contribution in [3.8, 4) is 0 Å². The van der Waals surface area contributed by atoms with Crippen LogP contribution in [0.15, 0.2) is 30.3 Å². The summed E-state index contributed by atoms with van der Waals surface area (Å²) >= 11 is 0. The van der Waals surface area contributed by atoms with Gasteiger partial charge in [-0.15, -0.1) is 12.4 Å². The number of carbonyl (C=O) groups excluding carboxylic acids is 1. The molecule has 1 amide bonds. The van der Waals surface area contributed by atoms with Gasteiger partial charge < -0.3 is 10.6 Å². The lowest BCUT2D eigenvalue weighted by Crippen LogP contribution is -2.31. The van der Waals surface area contributed by atoms with Gasteiger partial charge in [0.1, 0.15) is 0 Å². The molecule has 4 heteroatoms. The first-order valence-corrected chi connectivity index (χ1v) is 5.38. The van der Waals surface area contributed by atoms with Crippen LogP contribution in [0.3, 0.4) is 0 Å². The molecular weight excluding hydrogens is 224 g/mol. The maximum Gasteiger partial charge on any atom is 0.224 e. The number of rotatable bonds is 3. The van der Waals surface area contributed by atoms with Crippen LogP contribution in [-0.4, -0.2) is 19.0 Å². The van der Waals surface area contributed by atoms with Crippen molar-refractivity contribution in [3.63, 3.8) is 0 Å². The molecule has 1 atom stereocenters. The predicted octanol–water partition coefficient (Wildman–Crippen LogP) is 1.33. The number of hydrogen-bond acceptors (Lipinski definition) is 2. The van der Waals surface area contributed by atoms with Crippen molar-refractivity contribution in [2.75, 3.05) is 13.1 Å². The van der Waals surface area contributed by atoms with E-state index in [0.29, 0.717) is 6.54 Å². The van der Waals surface area contributed by atoms with Gasteiger partial charge in [-0.1, -0.05) is 30.3 Å². The Morgan fingerprint density at radius 1 is 1.38 bits per heavy atom. The maximum atomic E-state index is 11.7. The number of halogens is 1. The standard InChI is InChI=1S/C12H16N2O.ClH/c15-12(11-6-7-13-9-11)14-8-10-4-2-1-3-5-10;/h1-5,11,13H,6-9H2,(H,14,15);1H/t11-;/m0./s1. The molecule has 0 radical (unpaired) electrons. The van der Waals surface area contributed by atoms with Gasteiger partial charge in [0.05, 0.1) is 5.92 Å². The van der Waals surface area contributed by atoms with E-state index in [9.17, 15) is 4.79 Å². The number of benzene rings is 1. The Morgan fingerprint density at radius 2 is 2.12 bits per heavy atom. The summed E-state index contributed by atoms with van der Waals surface area (Å²) in [4.78, 5) is 11.7. The Morgan fingerprint density at radius 3 is 2.75 bits per heavy atom. The van der Waals surface area contributed by atoms with Crippen LogP contribution in [0.5, 0.6) is 0 Å². The molecular formula is C12H17ClN2O. The quantitative estimate of drug-likeness (QED) is 0.837. The van der Waals surface area contributed by atoms with Crippen LogP contribution in [-0.2, 0) is 11.3 Å². The minimum atomic E-state index is 0. The van der Waals surface area contributed by atoms with Gasteiger partial charge in [0.25, 0.3) is 0 Å². The van der Waals surface area contributed by atoms with Gasteiger partial charge >= 0.3 is 0 Å². The van der Waals surface area contributed by atoms with Gasteiger partial charge in [0.15, 0.2) is 0 Å². The molecule has 1 aliphatic heterocycles. The van der Waals surface area contributed by atoms with Crippen LogP contribution >= 0.6 is 12.4 Å². The zero-order chi connectivity index (χ0) is 10.5. The minimum absolute atomic E-state index is 0. The van der Waals surface area contributed by atoms with Crippen LogP contribution in [0, 0.1) is 5.92 Å². The normalized spacial score (nSPS) is 18.9. The van der Waals surface area contributed by atoms with E-state index in [2.05, 4.69) is 10.6 Å². The van der Waals surface area contributed by atoms with Crippen LogP contribution in [0.4, 0.5) is 0 Å². The topological polar surface area (TPSA) is 41.1 Å². The molecule has 0 bridgehead atoms. The largest absolute Gasteiger partial charge is 0.352 e. The highest BCUT2D eigenvalue weighted by atomic mass is 35.5. The summed E-state index contributed by atoms with van der Waals surface area (Å²) < 4.78 is 0. The second kappa shape index (κ2) is 6.51. The third-order valence-electron chi connectivity index (χ3n) is 2.74. The van der Waals surface area contributed by atoms with E-state index in [4.69, 9.17) is 0 Å². The van der Waals surface area contributed by atoms with Crippen LogP contribution in [0.2, 0.25) is 0 Å². The number of hydrogen-bond donors (Lipinski definition) is 2. The van der Waals surface area contributed by atoms with E-state index in [0.717, 1.165) is 25.1 Å². The lowest BCUT2D eigenvalue weighted by molar-refractivity contribution is -0.124. The predicted molar refractivity (Wildman–Crippen MR) is 66.5 cm³/mol. The fourth-order valence-corrected chi connectivity index (χ4v) is 1.81. The summed E-state index contributed by atoms with van der Waals surface area (Å²) in [5, 5.41) is 6.15. The number of carbonyl (C=O) groups is 1. The Balaban J connectivity index is 0.00000128. The molecule has 88 valence electrons. The fourth-order valence-electron chi connectivity index (χ4n) is 1.81. The summed E-state index contributed by atoms with van der Waals surface area (Å²) in [6, 6.07) is 9.99. The van der Waals surface area contributed by atoms with E-state index >= 15 is 0 Å². The van der Waals surface area contributed by atoms with E-state index in [-0.39, 0.29) is 24.2 Å². The Labute approximate surface area is 102 Å². The van der Waals surface area contributed by atoms with Gasteiger partial charge in [0, 0.05) is 13.1 Å². The highest BCUT2D eigenvalue weighted by Crippen LogP contribution is 2.07. The third kappa shape index (κ3) is 3.51. The first kappa shape index (κ1) is 13.0. The van der Waals surface area contributed by atoms with Crippen molar-refractivity contribution in [2.24, 2.45) is 5.92 Å². The van der Waals surface area contributed by atoms with Gasteiger partial charge in [0.2, 0.25) is 5.91 Å². The SMILES string of the molecule is Cl.O=C(NCc1ccccc1)[C@H]1CCNC1. The molecule has 1 aromatic rings. The first-order valence-electron chi connectivity index (χ1n) is 5.38. The van der Waals surface area contributed by atoms with Gasteiger partial charge in [-0.3, -0.25) is 4.79 Å². The third-order valence-corrected chi connectivity index (χ3v) is 2.74. The molecule has 1 aliphatic rings. The molecule has 0 unspecified atom stereocenters. The summed E-state index contributed by atoms with van der Waals surface area (Å²) in [6.45, 7) is 2.42. The minimum Gasteiger partial charge on any atom is -0.352 e. The fraction of sp³-hybridized carbons (Fsp3) is 0.417. The molecule has 1 fully saturated rings. The van der Waals surface area contributed by atoms with Gasteiger partial charge in [-0.2, -0.15) is 0 Å². The molecule has 16 heavy (non-hydrogen) atoms. The monoisotopic (exact) mass is 240 g/mol. The molecule has 1 heterocycles. The molecule has 0 aliphatic carbocycles. The number of amides is 1. The van der Waals surface area contributed by atoms with E-state index in [1.54, 1.807) is 0 Å². The van der Waals surface area contributed by atoms with E-state index in [1.807, 2.05) is 30.3 Å². The summed E-state index contributed by atoms with van der Waals surface area (Å²) in [7, 11) is 0. The summed E-state index contributed by atoms with van der Waals surface area (Å²) in [6.07, 6.45) is 0.959. The maximum absolute atomic E-state index is 11.7. The summed E-state index contributed by atoms with van der Waals surface area (Å²) in [5.41, 5.74) is 1.15. The van der Waals surface area contributed by atoms with Gasteiger partial charge in [-0.05, 0) is 18.5 Å². The molecule has 2 rings (SSSR count). The lowest BCUT2D eigenvalue weighted by atomic mass is 10.1. The highest BCUT2D eigenvalue weighted by Gasteiger charge is 2.21. The van der Waals surface area contributed by atoms with Crippen molar-refractivity contribution in [2.45, 2.75) is 13.0 Å². The smallest absolute Gasteiger partial charge is 0.224 e. The van der Waals surface area contributed by atoms with Crippen molar-refractivity contribution in [1.29, 1.82) is 0 Å². The molecule has 2 N–H and O–H groups in total. The number of nitrogens with one attached hydrogen (secondary N) is 2. The van der Waals surface area contributed by atoms with E-state index in [1.165, 1.54) is 0 Å². The first-order chi connectivity index (χ1) is 7.36. The molecule has 0 aromatic heterocycles. The van der Waals surface area contributed by atoms with Crippen molar-refractivity contribution >= 4 is 18.3 Å². The Bertz CT molecular complexity index is 323. The van der Waals surface area contributed by atoms with Gasteiger partial charge in [-0.25, -0.2) is 0 Å². The Hall–Kier alpha value is -1.06. The average Bonchev–Trinajstić information content (AvgIpc) is 2.81.